The first-order chi connectivity index (χ1) is 13.7. The van der Waals surface area contributed by atoms with Gasteiger partial charge in [0.15, 0.2) is 0 Å². The third kappa shape index (κ3) is 4.13. The molecule has 29 heavy (non-hydrogen) atoms. The van der Waals surface area contributed by atoms with Crippen molar-refractivity contribution in [2.75, 3.05) is 32.4 Å². The van der Waals surface area contributed by atoms with Gasteiger partial charge in [0.05, 0.1) is 18.2 Å². The second-order valence-electron chi connectivity index (χ2n) is 7.53. The highest BCUT2D eigenvalue weighted by Crippen LogP contribution is 2.35. The van der Waals surface area contributed by atoms with Crippen LogP contribution < -0.4 is 5.56 Å². The Kier molecular flexibility index (Phi) is 5.32. The number of rotatable bonds is 4. The number of sulfonamides is 1. The number of hydrogen-bond donors (Lipinski definition) is 1. The highest BCUT2D eigenvalue weighted by atomic mass is 32.2. The Bertz CT molecular complexity index is 1200. The lowest BCUT2D eigenvalue weighted by Gasteiger charge is -2.32. The number of benzene rings is 1. The summed E-state index contributed by atoms with van der Waals surface area (Å²) in [6.07, 6.45) is 1.24. The van der Waals surface area contributed by atoms with Gasteiger partial charge in [0.2, 0.25) is 10.0 Å². The smallest absolute Gasteiger partial charge is 0.260 e. The molecule has 2 aromatic heterocycles. The summed E-state index contributed by atoms with van der Waals surface area (Å²) in [5.74, 6) is 0.618. The van der Waals surface area contributed by atoms with Gasteiger partial charge in [-0.1, -0.05) is 29.8 Å². The van der Waals surface area contributed by atoms with Crippen LogP contribution in [-0.4, -0.2) is 60.0 Å². The number of hydrogen-bond acceptors (Lipinski definition) is 6. The lowest BCUT2D eigenvalue weighted by atomic mass is 10.0. The first-order valence-electron chi connectivity index (χ1n) is 9.49. The number of fused-ring (bicyclic) bond motifs is 1. The molecule has 154 valence electrons. The van der Waals surface area contributed by atoms with Gasteiger partial charge in [-0.05, 0) is 19.4 Å². The first kappa shape index (κ1) is 20.2. The number of aryl methyl sites for hydroxylation is 2. The van der Waals surface area contributed by atoms with Gasteiger partial charge in [-0.25, -0.2) is 13.4 Å². The summed E-state index contributed by atoms with van der Waals surface area (Å²) >= 11 is 1.53. The van der Waals surface area contributed by atoms with E-state index in [9.17, 15) is 13.2 Å². The largest absolute Gasteiger partial charge is 0.309 e. The number of nitrogens with one attached hydrogen (secondary N) is 1. The molecule has 0 bridgehead atoms. The molecule has 1 saturated heterocycles. The maximum Gasteiger partial charge on any atom is 0.260 e. The fourth-order valence-electron chi connectivity index (χ4n) is 3.74. The molecule has 1 aliphatic rings. The molecule has 0 radical (unpaired) electrons. The van der Waals surface area contributed by atoms with Crippen molar-refractivity contribution in [3.05, 3.63) is 50.9 Å². The minimum Gasteiger partial charge on any atom is -0.309 e. The van der Waals surface area contributed by atoms with Crippen molar-refractivity contribution < 1.29 is 8.42 Å². The van der Waals surface area contributed by atoms with Gasteiger partial charge in [-0.15, -0.1) is 11.3 Å². The Labute approximate surface area is 174 Å². The van der Waals surface area contributed by atoms with Crippen LogP contribution >= 0.6 is 11.3 Å². The molecule has 0 spiro atoms. The average Bonchev–Trinajstić information content (AvgIpc) is 2.98. The van der Waals surface area contributed by atoms with Crippen molar-refractivity contribution in [2.24, 2.45) is 0 Å². The van der Waals surface area contributed by atoms with E-state index in [0.29, 0.717) is 43.9 Å². The second-order valence-corrected chi connectivity index (χ2v) is 10.7. The Morgan fingerprint density at radius 3 is 2.38 bits per heavy atom. The van der Waals surface area contributed by atoms with E-state index in [-0.39, 0.29) is 5.56 Å². The van der Waals surface area contributed by atoms with Gasteiger partial charge in [0.25, 0.3) is 5.56 Å². The van der Waals surface area contributed by atoms with E-state index in [1.54, 1.807) is 0 Å². The molecule has 7 nitrogen and oxygen atoms in total. The Balaban J connectivity index is 1.61. The van der Waals surface area contributed by atoms with Crippen molar-refractivity contribution in [3.63, 3.8) is 0 Å². The fraction of sp³-hybridized carbons (Fsp3) is 0.400. The van der Waals surface area contributed by atoms with Crippen LogP contribution in [0.15, 0.2) is 29.1 Å². The topological polar surface area (TPSA) is 86.4 Å². The maximum absolute atomic E-state index is 12.9. The number of aromatic amines is 1. The number of piperazine rings is 1. The lowest BCUT2D eigenvalue weighted by Crippen LogP contribution is -2.48. The van der Waals surface area contributed by atoms with Crippen molar-refractivity contribution >= 4 is 31.6 Å². The minimum atomic E-state index is -3.15. The molecule has 0 aliphatic carbocycles. The number of thiophene rings is 1. The van der Waals surface area contributed by atoms with Gasteiger partial charge in [0, 0.05) is 36.6 Å². The quantitative estimate of drug-likeness (QED) is 0.684. The van der Waals surface area contributed by atoms with E-state index < -0.39 is 10.0 Å². The van der Waals surface area contributed by atoms with Crippen LogP contribution in [0, 0.1) is 13.8 Å². The van der Waals surface area contributed by atoms with Crippen LogP contribution in [0.4, 0.5) is 0 Å². The Morgan fingerprint density at radius 2 is 1.76 bits per heavy atom. The number of aromatic nitrogens is 2. The van der Waals surface area contributed by atoms with Crippen LogP contribution in [0.2, 0.25) is 0 Å². The first-order valence-corrected chi connectivity index (χ1v) is 12.2. The van der Waals surface area contributed by atoms with E-state index in [1.165, 1.54) is 27.5 Å². The normalized spacial score (nSPS) is 16.5. The summed E-state index contributed by atoms with van der Waals surface area (Å²) in [4.78, 5) is 24.5. The summed E-state index contributed by atoms with van der Waals surface area (Å²) in [5.41, 5.74) is 3.03. The lowest BCUT2D eigenvalue weighted by molar-refractivity contribution is 0.178. The molecule has 3 heterocycles. The van der Waals surface area contributed by atoms with Crippen molar-refractivity contribution in [3.8, 4) is 11.1 Å². The third-order valence-corrected chi connectivity index (χ3v) is 7.60. The van der Waals surface area contributed by atoms with Gasteiger partial charge in [-0.3, -0.25) is 9.69 Å². The van der Waals surface area contributed by atoms with Gasteiger partial charge in [-0.2, -0.15) is 4.31 Å². The monoisotopic (exact) mass is 432 g/mol. The van der Waals surface area contributed by atoms with E-state index in [0.717, 1.165) is 20.8 Å². The highest BCUT2D eigenvalue weighted by Gasteiger charge is 2.24. The molecule has 4 rings (SSSR count). The molecular weight excluding hydrogens is 408 g/mol. The number of nitrogens with zero attached hydrogens (tertiary/aromatic N) is 3. The summed E-state index contributed by atoms with van der Waals surface area (Å²) < 4.78 is 24.8. The summed E-state index contributed by atoms with van der Waals surface area (Å²) in [7, 11) is -3.15. The summed E-state index contributed by atoms with van der Waals surface area (Å²) in [6, 6.07) is 8.17. The third-order valence-electron chi connectivity index (χ3n) is 5.30. The SMILES string of the molecule is Cc1ccc(-c2c(C)sc3nc(CN4CCN(S(C)(=O)=O)CC4)[nH]c(=O)c23)cc1. The van der Waals surface area contributed by atoms with Crippen LogP contribution in [-0.2, 0) is 16.6 Å². The van der Waals surface area contributed by atoms with E-state index in [1.807, 2.05) is 38.1 Å². The molecule has 1 fully saturated rings. The Hall–Kier alpha value is -2.07. The predicted molar refractivity (Wildman–Crippen MR) is 117 cm³/mol. The van der Waals surface area contributed by atoms with E-state index in [4.69, 9.17) is 4.98 Å². The average molecular weight is 433 g/mol. The zero-order chi connectivity index (χ0) is 20.8. The van der Waals surface area contributed by atoms with Crippen LogP contribution in [0.3, 0.4) is 0 Å². The van der Waals surface area contributed by atoms with Crippen LogP contribution in [0.5, 0.6) is 0 Å². The minimum absolute atomic E-state index is 0.125. The van der Waals surface area contributed by atoms with Crippen molar-refractivity contribution in [1.29, 1.82) is 0 Å². The molecule has 0 unspecified atom stereocenters. The van der Waals surface area contributed by atoms with Gasteiger partial charge >= 0.3 is 0 Å². The molecule has 0 saturated carbocycles. The summed E-state index contributed by atoms with van der Waals surface area (Å²) in [6.45, 7) is 6.71. The van der Waals surface area contributed by atoms with E-state index in [2.05, 4.69) is 9.88 Å². The highest BCUT2D eigenvalue weighted by molar-refractivity contribution is 7.88. The zero-order valence-electron chi connectivity index (χ0n) is 16.7. The molecule has 1 aromatic carbocycles. The van der Waals surface area contributed by atoms with E-state index >= 15 is 0 Å². The van der Waals surface area contributed by atoms with Crippen molar-refractivity contribution in [1.82, 2.24) is 19.2 Å². The fourth-order valence-corrected chi connectivity index (χ4v) is 5.63. The standard InChI is InChI=1S/C20H24N4O3S2/c1-13-4-6-15(7-5-13)17-14(2)28-20-18(17)19(25)21-16(22-20)12-23-8-10-24(11-9-23)29(3,26)27/h4-7H,8-12H2,1-3H3,(H,21,22,25). The van der Waals surface area contributed by atoms with Gasteiger partial charge < -0.3 is 4.98 Å². The molecular formula is C20H24N4O3S2. The van der Waals surface area contributed by atoms with Gasteiger partial charge in [0.1, 0.15) is 10.7 Å². The predicted octanol–water partition coefficient (Wildman–Crippen LogP) is 2.35. The number of H-pyrrole nitrogens is 1. The second kappa shape index (κ2) is 7.64. The Morgan fingerprint density at radius 1 is 1.10 bits per heavy atom. The van der Waals surface area contributed by atoms with Crippen LogP contribution in [0.25, 0.3) is 21.3 Å². The van der Waals surface area contributed by atoms with Crippen molar-refractivity contribution in [2.45, 2.75) is 20.4 Å². The maximum atomic E-state index is 12.9. The molecule has 0 atom stereocenters. The van der Waals surface area contributed by atoms with Crippen LogP contribution in [0.1, 0.15) is 16.3 Å². The molecule has 3 aromatic rings. The molecule has 1 aliphatic heterocycles. The summed E-state index contributed by atoms with van der Waals surface area (Å²) in [5, 5.41) is 0.641. The molecule has 1 N–H and O–H groups in total. The molecule has 9 heteroatoms. The zero-order valence-corrected chi connectivity index (χ0v) is 18.4. The molecule has 0 amide bonds.